The Morgan fingerprint density at radius 1 is 1.82 bits per heavy atom. The molecule has 2 aliphatic heterocycles. The lowest BCUT2D eigenvalue weighted by Crippen LogP contribution is -2.48. The molecule has 62 valence electrons. The predicted octanol–water partition coefficient (Wildman–Crippen LogP) is 0.848. The Hall–Kier alpha value is -0.380. The molecule has 0 aliphatic carbocycles. The van der Waals surface area contributed by atoms with Crippen LogP contribution in [0.15, 0.2) is 0 Å². The number of cyclic esters (lactones) is 1. The predicted molar refractivity (Wildman–Crippen MR) is 43.7 cm³/mol. The van der Waals surface area contributed by atoms with Crippen LogP contribution in [0.5, 0.6) is 0 Å². The average molecular weight is 173 g/mol. The smallest absolute Gasteiger partial charge is 0.407 e. The van der Waals surface area contributed by atoms with Gasteiger partial charge in [-0.05, 0) is 11.7 Å². The Kier molecular flexibility index (Phi) is 1.52. The Bertz CT molecular complexity index is 197. The van der Waals surface area contributed by atoms with Gasteiger partial charge in [0, 0.05) is 5.75 Å². The molecule has 0 radical (unpaired) electrons. The van der Waals surface area contributed by atoms with Gasteiger partial charge in [-0.2, -0.15) is 11.8 Å². The molecule has 2 unspecified atom stereocenters. The van der Waals surface area contributed by atoms with Crippen molar-refractivity contribution >= 4 is 17.9 Å². The van der Waals surface area contributed by atoms with E-state index in [1.165, 1.54) is 0 Å². The summed E-state index contributed by atoms with van der Waals surface area (Å²) < 4.78 is 4.90. The van der Waals surface area contributed by atoms with Gasteiger partial charge in [0.25, 0.3) is 0 Å². The summed E-state index contributed by atoms with van der Waals surface area (Å²) in [7, 11) is 0. The normalized spacial score (nSPS) is 42.6. The third kappa shape index (κ3) is 1.00. The molecule has 0 aromatic heterocycles. The van der Waals surface area contributed by atoms with Crippen molar-refractivity contribution in [2.24, 2.45) is 5.92 Å². The second-order valence-electron chi connectivity index (χ2n) is 3.27. The van der Waals surface area contributed by atoms with E-state index in [9.17, 15) is 4.79 Å². The summed E-state index contributed by atoms with van der Waals surface area (Å²) in [6, 6.07) is 0. The van der Waals surface area contributed by atoms with Gasteiger partial charge in [0.05, 0.1) is 5.54 Å². The maximum atomic E-state index is 10.8. The number of carbonyl (C=O) groups is 1. The van der Waals surface area contributed by atoms with Crippen LogP contribution < -0.4 is 5.32 Å². The Balaban J connectivity index is 2.16. The molecule has 0 aromatic rings. The van der Waals surface area contributed by atoms with Crippen molar-refractivity contribution in [3.8, 4) is 0 Å². The Labute approximate surface area is 69.9 Å². The third-order valence-electron chi connectivity index (χ3n) is 2.48. The van der Waals surface area contributed by atoms with Crippen molar-refractivity contribution in [3.63, 3.8) is 0 Å². The average Bonchev–Trinajstić information content (AvgIpc) is 2.46. The van der Waals surface area contributed by atoms with Crippen molar-refractivity contribution in [2.75, 3.05) is 18.1 Å². The van der Waals surface area contributed by atoms with Crippen LogP contribution in [0.4, 0.5) is 4.79 Å². The third-order valence-corrected chi connectivity index (χ3v) is 3.94. The first-order chi connectivity index (χ1) is 5.23. The number of alkyl carbamates (subject to hydrolysis) is 1. The van der Waals surface area contributed by atoms with E-state index in [0.717, 1.165) is 11.5 Å². The van der Waals surface area contributed by atoms with Gasteiger partial charge in [-0.3, -0.25) is 0 Å². The summed E-state index contributed by atoms with van der Waals surface area (Å²) in [5.41, 5.74) is -0.0399. The molecule has 1 spiro atoms. The van der Waals surface area contributed by atoms with E-state index in [1.54, 1.807) is 0 Å². The number of hydrogen-bond acceptors (Lipinski definition) is 3. The van der Waals surface area contributed by atoms with Crippen LogP contribution in [0.2, 0.25) is 0 Å². The van der Waals surface area contributed by atoms with Gasteiger partial charge in [0.15, 0.2) is 0 Å². The van der Waals surface area contributed by atoms with Crippen LogP contribution in [0.25, 0.3) is 0 Å². The van der Waals surface area contributed by atoms with E-state index < -0.39 is 0 Å². The molecule has 1 amide bonds. The summed E-state index contributed by atoms with van der Waals surface area (Å²) in [5.74, 6) is 2.67. The highest BCUT2D eigenvalue weighted by Gasteiger charge is 2.47. The zero-order valence-corrected chi connectivity index (χ0v) is 7.24. The summed E-state index contributed by atoms with van der Waals surface area (Å²) in [5, 5.41) is 2.90. The molecule has 1 N–H and O–H groups in total. The number of hydrogen-bond donors (Lipinski definition) is 1. The van der Waals surface area contributed by atoms with Gasteiger partial charge in [-0.25, -0.2) is 4.79 Å². The summed E-state index contributed by atoms with van der Waals surface area (Å²) >= 11 is 1.89. The first-order valence-electron chi connectivity index (χ1n) is 3.76. The maximum Gasteiger partial charge on any atom is 0.407 e. The van der Waals surface area contributed by atoms with Crippen molar-refractivity contribution in [3.05, 3.63) is 0 Å². The lowest BCUT2D eigenvalue weighted by Gasteiger charge is -2.23. The van der Waals surface area contributed by atoms with E-state index >= 15 is 0 Å². The minimum absolute atomic E-state index is 0.0399. The van der Waals surface area contributed by atoms with E-state index in [0.29, 0.717) is 12.5 Å². The van der Waals surface area contributed by atoms with Crippen molar-refractivity contribution in [1.82, 2.24) is 5.32 Å². The second kappa shape index (κ2) is 2.30. The molecule has 2 saturated heterocycles. The minimum atomic E-state index is -0.251. The van der Waals surface area contributed by atoms with Crippen LogP contribution in [-0.4, -0.2) is 29.7 Å². The molecule has 0 saturated carbocycles. The van der Waals surface area contributed by atoms with Gasteiger partial charge in [0.2, 0.25) is 0 Å². The molecule has 2 atom stereocenters. The Morgan fingerprint density at radius 3 is 3.09 bits per heavy atom. The monoisotopic (exact) mass is 173 g/mol. The first-order valence-corrected chi connectivity index (χ1v) is 4.91. The van der Waals surface area contributed by atoms with Crippen LogP contribution in [0, 0.1) is 5.92 Å². The standard InChI is InChI=1S/C7H11NO2S/c1-5-2-11-4-7(5)3-10-6(9)8-7/h5H,2-4H2,1H3,(H,8,9). The van der Waals surface area contributed by atoms with Gasteiger partial charge >= 0.3 is 6.09 Å². The number of amides is 1. The fourth-order valence-electron chi connectivity index (χ4n) is 1.53. The van der Waals surface area contributed by atoms with Gasteiger partial charge in [-0.1, -0.05) is 6.92 Å². The molecule has 2 fully saturated rings. The van der Waals surface area contributed by atoms with E-state index in [-0.39, 0.29) is 11.6 Å². The number of ether oxygens (including phenoxy) is 1. The van der Waals surface area contributed by atoms with Crippen LogP contribution >= 0.6 is 11.8 Å². The highest BCUT2D eigenvalue weighted by atomic mass is 32.2. The Morgan fingerprint density at radius 2 is 2.64 bits per heavy atom. The van der Waals surface area contributed by atoms with Crippen LogP contribution in [0.1, 0.15) is 6.92 Å². The van der Waals surface area contributed by atoms with Gasteiger partial charge < -0.3 is 10.1 Å². The lowest BCUT2D eigenvalue weighted by atomic mass is 9.90. The van der Waals surface area contributed by atoms with Crippen LogP contribution in [-0.2, 0) is 4.74 Å². The number of rotatable bonds is 0. The molecular formula is C7H11NO2S. The van der Waals surface area contributed by atoms with Gasteiger partial charge in [0.1, 0.15) is 6.61 Å². The molecule has 2 rings (SSSR count). The van der Waals surface area contributed by atoms with E-state index in [4.69, 9.17) is 4.74 Å². The second-order valence-corrected chi connectivity index (χ2v) is 4.30. The number of carbonyl (C=O) groups excluding carboxylic acids is 1. The topological polar surface area (TPSA) is 38.3 Å². The first kappa shape index (κ1) is 7.28. The number of nitrogens with one attached hydrogen (secondary N) is 1. The zero-order chi connectivity index (χ0) is 7.90. The van der Waals surface area contributed by atoms with E-state index in [2.05, 4.69) is 12.2 Å². The van der Waals surface area contributed by atoms with Crippen molar-refractivity contribution < 1.29 is 9.53 Å². The maximum absolute atomic E-state index is 10.8. The van der Waals surface area contributed by atoms with Crippen LogP contribution in [0.3, 0.4) is 0 Å². The van der Waals surface area contributed by atoms with Crippen molar-refractivity contribution in [1.29, 1.82) is 0 Å². The SMILES string of the molecule is CC1CSCC12COC(=O)N2. The minimum Gasteiger partial charge on any atom is -0.447 e. The summed E-state index contributed by atoms with van der Waals surface area (Å²) in [4.78, 5) is 10.8. The number of thioether (sulfide) groups is 1. The van der Waals surface area contributed by atoms with E-state index in [1.807, 2.05) is 11.8 Å². The molecule has 4 heteroatoms. The molecule has 2 heterocycles. The molecule has 0 bridgehead atoms. The largest absolute Gasteiger partial charge is 0.447 e. The highest BCUT2D eigenvalue weighted by molar-refractivity contribution is 7.99. The molecule has 11 heavy (non-hydrogen) atoms. The molecule has 2 aliphatic rings. The molecular weight excluding hydrogens is 162 g/mol. The highest BCUT2D eigenvalue weighted by Crippen LogP contribution is 2.35. The summed E-state index contributed by atoms with van der Waals surface area (Å²) in [6.45, 7) is 2.72. The zero-order valence-electron chi connectivity index (χ0n) is 6.42. The van der Waals surface area contributed by atoms with Crippen molar-refractivity contribution in [2.45, 2.75) is 12.5 Å². The quantitative estimate of drug-likeness (QED) is 0.590. The molecule has 3 nitrogen and oxygen atoms in total. The molecule has 0 aromatic carbocycles. The fourth-order valence-corrected chi connectivity index (χ4v) is 3.13. The summed E-state index contributed by atoms with van der Waals surface area (Å²) in [6.07, 6.45) is -0.251. The fraction of sp³-hybridized carbons (Fsp3) is 0.857. The van der Waals surface area contributed by atoms with Gasteiger partial charge in [-0.15, -0.1) is 0 Å². The lowest BCUT2D eigenvalue weighted by molar-refractivity contribution is 0.170.